The first-order chi connectivity index (χ1) is 9.20. The van der Waals surface area contributed by atoms with Gasteiger partial charge in [0.25, 0.3) is 12.4 Å². The predicted octanol–water partition coefficient (Wildman–Crippen LogP) is 3.13. The summed E-state index contributed by atoms with van der Waals surface area (Å²) in [6.07, 6.45) is 0. The van der Waals surface area contributed by atoms with Crippen molar-refractivity contribution >= 4 is 29.7 Å². The zero-order valence-electron chi connectivity index (χ0n) is 9.80. The van der Waals surface area contributed by atoms with E-state index in [1.807, 2.05) is 0 Å². The Morgan fingerprint density at radius 3 is 2.68 bits per heavy atom. The topological polar surface area (TPSA) is 55.4 Å². The third-order valence-corrected chi connectivity index (χ3v) is 2.72. The largest absolute Gasteiger partial charge is 0.429 e. The molecule has 0 saturated carbocycles. The van der Waals surface area contributed by atoms with E-state index in [1.54, 1.807) is 48.5 Å². The van der Waals surface area contributed by atoms with Gasteiger partial charge in [0.2, 0.25) is 0 Å². The molecule has 2 aromatic carbocycles. The summed E-state index contributed by atoms with van der Waals surface area (Å²) in [4.78, 5) is 22.2. The number of carbonyl (C=O) groups is 2. The van der Waals surface area contributed by atoms with E-state index in [0.29, 0.717) is 28.5 Å². The highest BCUT2D eigenvalue weighted by Crippen LogP contribution is 2.20. The van der Waals surface area contributed by atoms with Gasteiger partial charge in [-0.05, 0) is 24.3 Å². The molecule has 2 rings (SSSR count). The Hall–Kier alpha value is -2.33. The summed E-state index contributed by atoms with van der Waals surface area (Å²) in [6, 6.07) is 13.3. The molecule has 0 fully saturated rings. The van der Waals surface area contributed by atoms with Crippen LogP contribution in [0.3, 0.4) is 0 Å². The van der Waals surface area contributed by atoms with E-state index in [9.17, 15) is 9.59 Å². The number of halogens is 1. The van der Waals surface area contributed by atoms with Crippen LogP contribution in [0.4, 0.5) is 5.69 Å². The average molecular weight is 276 g/mol. The quantitative estimate of drug-likeness (QED) is 0.872. The number of amides is 1. The molecule has 0 bridgehead atoms. The van der Waals surface area contributed by atoms with Crippen molar-refractivity contribution in [2.75, 3.05) is 5.32 Å². The molecule has 0 heterocycles. The second-order valence-corrected chi connectivity index (χ2v) is 4.08. The molecule has 2 aromatic rings. The number of rotatable bonds is 4. The SMILES string of the molecule is O=COc1cccc(NC(=O)c2ccccc2Cl)c1. The molecular weight excluding hydrogens is 266 g/mol. The standard InChI is InChI=1S/C14H10ClNO3/c15-13-7-2-1-6-12(13)14(18)16-10-4-3-5-11(8-10)19-9-17/h1-9H,(H,16,18). The Labute approximate surface area is 115 Å². The third-order valence-electron chi connectivity index (χ3n) is 2.39. The van der Waals surface area contributed by atoms with Crippen molar-refractivity contribution in [2.24, 2.45) is 0 Å². The maximum atomic E-state index is 12.0. The average Bonchev–Trinajstić information content (AvgIpc) is 2.40. The monoisotopic (exact) mass is 275 g/mol. The van der Waals surface area contributed by atoms with Crippen molar-refractivity contribution < 1.29 is 14.3 Å². The number of hydrogen-bond acceptors (Lipinski definition) is 3. The maximum Gasteiger partial charge on any atom is 0.298 e. The van der Waals surface area contributed by atoms with Gasteiger partial charge in [0, 0.05) is 11.8 Å². The fourth-order valence-corrected chi connectivity index (χ4v) is 1.77. The molecule has 5 heteroatoms. The van der Waals surface area contributed by atoms with Crippen molar-refractivity contribution in [2.45, 2.75) is 0 Å². The molecule has 96 valence electrons. The minimum absolute atomic E-state index is 0.325. The Morgan fingerprint density at radius 1 is 1.16 bits per heavy atom. The molecule has 0 unspecified atom stereocenters. The van der Waals surface area contributed by atoms with Crippen LogP contribution in [0.1, 0.15) is 10.4 Å². The molecule has 0 aliphatic rings. The molecule has 4 nitrogen and oxygen atoms in total. The fourth-order valence-electron chi connectivity index (χ4n) is 1.55. The molecule has 0 saturated heterocycles. The van der Waals surface area contributed by atoms with E-state index in [0.717, 1.165) is 0 Å². The highest BCUT2D eigenvalue weighted by molar-refractivity contribution is 6.34. The van der Waals surface area contributed by atoms with Crippen LogP contribution in [0, 0.1) is 0 Å². The smallest absolute Gasteiger partial charge is 0.298 e. The molecule has 0 spiro atoms. The summed E-state index contributed by atoms with van der Waals surface area (Å²) >= 11 is 5.93. The summed E-state index contributed by atoms with van der Waals surface area (Å²) in [7, 11) is 0. The van der Waals surface area contributed by atoms with E-state index in [1.165, 1.54) is 0 Å². The van der Waals surface area contributed by atoms with Gasteiger partial charge >= 0.3 is 0 Å². The van der Waals surface area contributed by atoms with Crippen LogP contribution in [0.2, 0.25) is 5.02 Å². The van der Waals surface area contributed by atoms with Crippen molar-refractivity contribution in [1.82, 2.24) is 0 Å². The molecular formula is C14H10ClNO3. The van der Waals surface area contributed by atoms with Crippen LogP contribution in [0.25, 0.3) is 0 Å². The molecule has 1 N–H and O–H groups in total. The van der Waals surface area contributed by atoms with Crippen molar-refractivity contribution in [3.8, 4) is 5.75 Å². The number of anilines is 1. The lowest BCUT2D eigenvalue weighted by atomic mass is 10.2. The van der Waals surface area contributed by atoms with E-state index < -0.39 is 0 Å². The maximum absolute atomic E-state index is 12.0. The zero-order valence-corrected chi connectivity index (χ0v) is 10.6. The lowest BCUT2D eigenvalue weighted by Crippen LogP contribution is -2.12. The Bertz CT molecular complexity index is 613. The van der Waals surface area contributed by atoms with Gasteiger partial charge < -0.3 is 10.1 Å². The van der Waals surface area contributed by atoms with Crippen LogP contribution < -0.4 is 10.1 Å². The van der Waals surface area contributed by atoms with Crippen LogP contribution >= 0.6 is 11.6 Å². The van der Waals surface area contributed by atoms with Crippen LogP contribution in [-0.4, -0.2) is 12.4 Å². The van der Waals surface area contributed by atoms with Gasteiger partial charge in [-0.1, -0.05) is 29.8 Å². The lowest BCUT2D eigenvalue weighted by molar-refractivity contribution is -0.120. The number of ether oxygens (including phenoxy) is 1. The second-order valence-electron chi connectivity index (χ2n) is 3.68. The molecule has 0 radical (unpaired) electrons. The highest BCUT2D eigenvalue weighted by atomic mass is 35.5. The third kappa shape index (κ3) is 3.33. The van der Waals surface area contributed by atoms with Gasteiger partial charge in [-0.2, -0.15) is 0 Å². The van der Waals surface area contributed by atoms with Crippen LogP contribution in [0.15, 0.2) is 48.5 Å². The minimum Gasteiger partial charge on any atom is -0.429 e. The number of benzene rings is 2. The van der Waals surface area contributed by atoms with Crippen molar-refractivity contribution in [3.63, 3.8) is 0 Å². The molecule has 0 aliphatic carbocycles. The van der Waals surface area contributed by atoms with Gasteiger partial charge in [-0.25, -0.2) is 0 Å². The normalized spacial score (nSPS) is 9.74. The summed E-state index contributed by atoms with van der Waals surface area (Å²) < 4.78 is 4.70. The van der Waals surface area contributed by atoms with E-state index >= 15 is 0 Å². The van der Waals surface area contributed by atoms with Gasteiger partial charge in [-0.3, -0.25) is 9.59 Å². The van der Waals surface area contributed by atoms with Crippen molar-refractivity contribution in [3.05, 3.63) is 59.1 Å². The van der Waals surface area contributed by atoms with Gasteiger partial charge in [-0.15, -0.1) is 0 Å². The molecule has 0 aliphatic heterocycles. The van der Waals surface area contributed by atoms with Crippen LogP contribution in [0.5, 0.6) is 5.75 Å². The minimum atomic E-state index is -0.325. The Kier molecular flexibility index (Phi) is 4.15. The first kappa shape index (κ1) is 13.1. The summed E-state index contributed by atoms with van der Waals surface area (Å²) in [5.41, 5.74) is 0.898. The molecule has 1 amide bonds. The van der Waals surface area contributed by atoms with E-state index in [4.69, 9.17) is 16.3 Å². The lowest BCUT2D eigenvalue weighted by Gasteiger charge is -2.07. The molecule has 19 heavy (non-hydrogen) atoms. The predicted molar refractivity (Wildman–Crippen MR) is 72.5 cm³/mol. The zero-order chi connectivity index (χ0) is 13.7. The van der Waals surface area contributed by atoms with E-state index in [-0.39, 0.29) is 5.91 Å². The van der Waals surface area contributed by atoms with Gasteiger partial charge in [0.1, 0.15) is 5.75 Å². The summed E-state index contributed by atoms with van der Waals surface area (Å²) in [5, 5.41) is 3.05. The second kappa shape index (κ2) is 6.02. The van der Waals surface area contributed by atoms with Gasteiger partial charge in [0.05, 0.1) is 10.6 Å². The number of hydrogen-bond donors (Lipinski definition) is 1. The molecule has 0 atom stereocenters. The first-order valence-electron chi connectivity index (χ1n) is 5.47. The first-order valence-corrected chi connectivity index (χ1v) is 5.85. The Balaban J connectivity index is 2.17. The number of nitrogens with one attached hydrogen (secondary N) is 1. The Morgan fingerprint density at radius 2 is 1.95 bits per heavy atom. The van der Waals surface area contributed by atoms with Crippen molar-refractivity contribution in [1.29, 1.82) is 0 Å². The van der Waals surface area contributed by atoms with E-state index in [2.05, 4.69) is 5.32 Å². The summed E-state index contributed by atoms with van der Waals surface area (Å²) in [6.45, 7) is 0.328. The summed E-state index contributed by atoms with van der Waals surface area (Å²) in [5.74, 6) is 0.0285. The fraction of sp³-hybridized carbons (Fsp3) is 0. The van der Waals surface area contributed by atoms with Gasteiger partial charge in [0.15, 0.2) is 0 Å². The number of carbonyl (C=O) groups excluding carboxylic acids is 2. The molecule has 0 aromatic heterocycles. The van der Waals surface area contributed by atoms with Crippen LogP contribution in [-0.2, 0) is 4.79 Å². The highest BCUT2D eigenvalue weighted by Gasteiger charge is 2.09.